The summed E-state index contributed by atoms with van der Waals surface area (Å²) in [5.74, 6) is 0.287. The fourth-order valence-electron chi connectivity index (χ4n) is 4.07. The summed E-state index contributed by atoms with van der Waals surface area (Å²) in [4.78, 5) is 40.4. The van der Waals surface area contributed by atoms with Crippen molar-refractivity contribution in [2.24, 2.45) is 5.92 Å². The van der Waals surface area contributed by atoms with E-state index in [1.807, 2.05) is 6.07 Å². The van der Waals surface area contributed by atoms with Crippen LogP contribution in [0.1, 0.15) is 43.9 Å². The highest BCUT2D eigenvalue weighted by atomic mass is 16.5. The summed E-state index contributed by atoms with van der Waals surface area (Å²) in [6, 6.07) is 23.0. The summed E-state index contributed by atoms with van der Waals surface area (Å²) in [5, 5.41) is 2.85. The molecule has 33 heavy (non-hydrogen) atoms. The van der Waals surface area contributed by atoms with Crippen LogP contribution in [0, 0.1) is 5.92 Å². The van der Waals surface area contributed by atoms with E-state index in [9.17, 15) is 14.4 Å². The highest BCUT2D eigenvalue weighted by Gasteiger charge is 2.29. The molecule has 3 aromatic carbocycles. The molecule has 168 valence electrons. The van der Waals surface area contributed by atoms with E-state index in [0.29, 0.717) is 54.1 Å². The Hall–Kier alpha value is -3.93. The van der Waals surface area contributed by atoms with Crippen LogP contribution in [0.4, 0.5) is 5.69 Å². The topological polar surface area (TPSA) is 75.7 Å². The van der Waals surface area contributed by atoms with Crippen molar-refractivity contribution in [2.45, 2.75) is 12.8 Å². The summed E-state index contributed by atoms with van der Waals surface area (Å²) in [5.41, 5.74) is 2.11. The van der Waals surface area contributed by atoms with Gasteiger partial charge in [-0.05, 0) is 61.4 Å². The molecule has 3 aromatic rings. The number of ketones is 1. The van der Waals surface area contributed by atoms with Crippen LogP contribution in [-0.4, -0.2) is 42.7 Å². The summed E-state index contributed by atoms with van der Waals surface area (Å²) in [6.45, 7) is 0.985. The monoisotopic (exact) mass is 442 g/mol. The zero-order chi connectivity index (χ0) is 23.2. The van der Waals surface area contributed by atoms with Gasteiger partial charge in [0, 0.05) is 30.1 Å². The summed E-state index contributed by atoms with van der Waals surface area (Å²) >= 11 is 0. The molecule has 6 nitrogen and oxygen atoms in total. The molecule has 1 aliphatic rings. The average molecular weight is 443 g/mol. The molecule has 0 atom stereocenters. The highest BCUT2D eigenvalue weighted by Crippen LogP contribution is 2.26. The van der Waals surface area contributed by atoms with Crippen molar-refractivity contribution in [1.82, 2.24) is 4.90 Å². The van der Waals surface area contributed by atoms with Gasteiger partial charge in [0.1, 0.15) is 5.75 Å². The Labute approximate surface area is 193 Å². The van der Waals surface area contributed by atoms with E-state index in [0.717, 1.165) is 0 Å². The number of hydrogen-bond donors (Lipinski definition) is 1. The lowest BCUT2D eigenvalue weighted by Gasteiger charge is -2.32. The number of carbonyl (C=O) groups is 3. The molecule has 0 radical (unpaired) electrons. The van der Waals surface area contributed by atoms with Crippen LogP contribution in [0.5, 0.6) is 5.75 Å². The third kappa shape index (κ3) is 5.12. The summed E-state index contributed by atoms with van der Waals surface area (Å²) < 4.78 is 5.15. The second-order valence-electron chi connectivity index (χ2n) is 8.02. The van der Waals surface area contributed by atoms with Gasteiger partial charge in [-0.3, -0.25) is 14.4 Å². The molecule has 0 aromatic heterocycles. The molecule has 0 unspecified atom stereocenters. The number of benzene rings is 3. The number of carbonyl (C=O) groups excluding carboxylic acids is 3. The van der Waals surface area contributed by atoms with E-state index in [-0.39, 0.29) is 23.5 Å². The van der Waals surface area contributed by atoms with Crippen molar-refractivity contribution in [3.05, 3.63) is 95.6 Å². The summed E-state index contributed by atoms with van der Waals surface area (Å²) in [6.07, 6.45) is 1.21. The molecule has 2 amide bonds. The average Bonchev–Trinajstić information content (AvgIpc) is 2.89. The number of anilines is 1. The molecule has 1 saturated heterocycles. The number of Topliss-reactive ketones (excluding diaryl/α,β-unsaturated/α-hetero) is 1. The SMILES string of the molecule is COc1ccc(C(=O)C2CCN(C(=O)c3ccccc3NC(=O)c3ccccc3)CC2)cc1. The van der Waals surface area contributed by atoms with Gasteiger partial charge in [-0.25, -0.2) is 0 Å². The maximum atomic E-state index is 13.2. The molecule has 6 heteroatoms. The van der Waals surface area contributed by atoms with Gasteiger partial charge in [-0.2, -0.15) is 0 Å². The minimum atomic E-state index is -0.264. The maximum absolute atomic E-state index is 13.2. The fraction of sp³-hybridized carbons (Fsp3) is 0.222. The van der Waals surface area contributed by atoms with E-state index < -0.39 is 0 Å². The van der Waals surface area contributed by atoms with Gasteiger partial charge in [-0.1, -0.05) is 30.3 Å². The number of piperidine rings is 1. The van der Waals surface area contributed by atoms with Crippen LogP contribution in [0.2, 0.25) is 0 Å². The highest BCUT2D eigenvalue weighted by molar-refractivity contribution is 6.09. The zero-order valence-electron chi connectivity index (χ0n) is 18.5. The quantitative estimate of drug-likeness (QED) is 0.563. The number of hydrogen-bond acceptors (Lipinski definition) is 4. The van der Waals surface area contributed by atoms with Gasteiger partial charge in [0.25, 0.3) is 11.8 Å². The zero-order valence-corrected chi connectivity index (χ0v) is 18.5. The van der Waals surface area contributed by atoms with Gasteiger partial charge in [-0.15, -0.1) is 0 Å². The number of likely N-dealkylation sites (tertiary alicyclic amines) is 1. The Kier molecular flexibility index (Phi) is 6.83. The second kappa shape index (κ2) is 10.1. The van der Waals surface area contributed by atoms with Gasteiger partial charge in [0.05, 0.1) is 18.4 Å². The fourth-order valence-corrected chi connectivity index (χ4v) is 4.07. The Morgan fingerprint density at radius 1 is 0.818 bits per heavy atom. The number of rotatable bonds is 6. The molecule has 4 rings (SSSR count). The summed E-state index contributed by atoms with van der Waals surface area (Å²) in [7, 11) is 1.59. The molecular weight excluding hydrogens is 416 g/mol. The van der Waals surface area contributed by atoms with Crippen molar-refractivity contribution in [3.63, 3.8) is 0 Å². The van der Waals surface area contributed by atoms with Gasteiger partial charge < -0.3 is 15.0 Å². The van der Waals surface area contributed by atoms with Crippen molar-refractivity contribution in [1.29, 1.82) is 0 Å². The van der Waals surface area contributed by atoms with Crippen LogP contribution < -0.4 is 10.1 Å². The van der Waals surface area contributed by atoms with Crippen LogP contribution in [0.3, 0.4) is 0 Å². The lowest BCUT2D eigenvalue weighted by atomic mass is 9.88. The molecule has 0 aliphatic carbocycles. The third-order valence-electron chi connectivity index (χ3n) is 5.97. The van der Waals surface area contributed by atoms with Gasteiger partial charge >= 0.3 is 0 Å². The van der Waals surface area contributed by atoms with Crippen molar-refractivity contribution in [2.75, 3.05) is 25.5 Å². The Bertz CT molecular complexity index is 1130. The smallest absolute Gasteiger partial charge is 0.255 e. The Morgan fingerprint density at radius 3 is 2.12 bits per heavy atom. The van der Waals surface area contributed by atoms with E-state index in [2.05, 4.69) is 5.32 Å². The van der Waals surface area contributed by atoms with Gasteiger partial charge in [0.15, 0.2) is 5.78 Å². The minimum Gasteiger partial charge on any atom is -0.497 e. The number of methoxy groups -OCH3 is 1. The standard InChI is InChI=1S/C27H26N2O4/c1-33-22-13-11-19(12-14-22)25(30)20-15-17-29(18-16-20)27(32)23-9-5-6-10-24(23)28-26(31)21-7-3-2-4-8-21/h2-14,20H,15-18H2,1H3,(H,28,31). The predicted octanol–water partition coefficient (Wildman–Crippen LogP) is 4.68. The number of ether oxygens (including phenoxy) is 1. The number of nitrogens with one attached hydrogen (secondary N) is 1. The Balaban J connectivity index is 1.40. The van der Waals surface area contributed by atoms with Gasteiger partial charge in [0.2, 0.25) is 0 Å². The first-order valence-corrected chi connectivity index (χ1v) is 11.0. The first kappa shape index (κ1) is 22.3. The van der Waals surface area contributed by atoms with Crippen LogP contribution in [0.25, 0.3) is 0 Å². The first-order valence-electron chi connectivity index (χ1n) is 11.0. The minimum absolute atomic E-state index is 0.0975. The molecule has 1 aliphatic heterocycles. The van der Waals surface area contributed by atoms with E-state index >= 15 is 0 Å². The molecule has 0 saturated carbocycles. The third-order valence-corrected chi connectivity index (χ3v) is 5.97. The maximum Gasteiger partial charge on any atom is 0.255 e. The number of amides is 2. The van der Waals surface area contributed by atoms with Crippen LogP contribution in [0.15, 0.2) is 78.9 Å². The number of para-hydroxylation sites is 1. The second-order valence-corrected chi connectivity index (χ2v) is 8.02. The van der Waals surface area contributed by atoms with Crippen molar-refractivity contribution < 1.29 is 19.1 Å². The number of nitrogens with zero attached hydrogens (tertiary/aromatic N) is 1. The molecule has 1 heterocycles. The van der Waals surface area contributed by atoms with Crippen molar-refractivity contribution >= 4 is 23.3 Å². The molecule has 0 spiro atoms. The molecular formula is C27H26N2O4. The largest absolute Gasteiger partial charge is 0.497 e. The van der Waals surface area contributed by atoms with E-state index in [1.54, 1.807) is 84.8 Å². The predicted molar refractivity (Wildman–Crippen MR) is 127 cm³/mol. The van der Waals surface area contributed by atoms with Crippen molar-refractivity contribution in [3.8, 4) is 5.75 Å². The lowest BCUT2D eigenvalue weighted by molar-refractivity contribution is 0.0651. The van der Waals surface area contributed by atoms with Crippen LogP contribution in [-0.2, 0) is 0 Å². The molecule has 1 N–H and O–H groups in total. The molecule has 1 fully saturated rings. The van der Waals surface area contributed by atoms with Crippen LogP contribution >= 0.6 is 0 Å². The Morgan fingerprint density at radius 2 is 1.45 bits per heavy atom. The molecule has 0 bridgehead atoms. The van der Waals surface area contributed by atoms with E-state index in [1.165, 1.54) is 0 Å². The van der Waals surface area contributed by atoms with E-state index in [4.69, 9.17) is 4.74 Å². The normalized spacial score (nSPS) is 13.9. The lowest BCUT2D eigenvalue weighted by Crippen LogP contribution is -2.40. The first-order chi connectivity index (χ1) is 16.1.